The van der Waals surface area contributed by atoms with Crippen LogP contribution in [-0.2, 0) is 11.3 Å². The van der Waals surface area contributed by atoms with Crippen molar-refractivity contribution in [1.29, 1.82) is 0 Å². The lowest BCUT2D eigenvalue weighted by molar-refractivity contribution is -0.114. The van der Waals surface area contributed by atoms with Gasteiger partial charge in [-0.3, -0.25) is 9.69 Å². The van der Waals surface area contributed by atoms with Crippen LogP contribution in [0.4, 0.5) is 5.69 Å². The minimum Gasteiger partial charge on any atom is -0.508 e. The van der Waals surface area contributed by atoms with Crippen LogP contribution in [0.25, 0.3) is 0 Å². The van der Waals surface area contributed by atoms with Crippen molar-refractivity contribution in [3.8, 4) is 5.75 Å². The van der Waals surface area contributed by atoms with Gasteiger partial charge in [0.2, 0.25) is 5.91 Å². The SMILES string of the molecule is CCNC(=NCC(=O)Nc1ccc(O)cc1)NC1CCN(Cc2ccc(Cl)cc2)CC1. The molecule has 31 heavy (non-hydrogen) atoms. The fraction of sp³-hybridized carbons (Fsp3) is 0.391. The van der Waals surface area contributed by atoms with Crippen molar-refractivity contribution < 1.29 is 9.90 Å². The second kappa shape index (κ2) is 11.6. The number of nitrogens with one attached hydrogen (secondary N) is 3. The maximum atomic E-state index is 12.2. The van der Waals surface area contributed by atoms with E-state index in [-0.39, 0.29) is 18.2 Å². The summed E-state index contributed by atoms with van der Waals surface area (Å²) in [5.74, 6) is 0.606. The average Bonchev–Trinajstić information content (AvgIpc) is 2.77. The smallest absolute Gasteiger partial charge is 0.246 e. The number of benzene rings is 2. The number of carbonyl (C=O) groups excluding carboxylic acids is 1. The summed E-state index contributed by atoms with van der Waals surface area (Å²) in [6.45, 7) is 5.67. The molecule has 166 valence electrons. The minimum atomic E-state index is -0.208. The van der Waals surface area contributed by atoms with Gasteiger partial charge in [-0.2, -0.15) is 0 Å². The van der Waals surface area contributed by atoms with Gasteiger partial charge in [-0.1, -0.05) is 23.7 Å². The van der Waals surface area contributed by atoms with Gasteiger partial charge in [0.15, 0.2) is 5.96 Å². The molecule has 1 fully saturated rings. The van der Waals surface area contributed by atoms with Gasteiger partial charge in [0, 0.05) is 42.9 Å². The molecule has 7 nitrogen and oxygen atoms in total. The standard InChI is InChI=1S/C23H30ClN5O2/c1-2-25-23(26-15-22(31)27-19-7-9-21(30)10-8-19)28-20-11-13-29(14-12-20)16-17-3-5-18(24)6-4-17/h3-10,20,30H,2,11-16H2,1H3,(H,27,31)(H2,25,26,28). The fourth-order valence-electron chi connectivity index (χ4n) is 3.49. The third-order valence-corrected chi connectivity index (χ3v) is 5.38. The zero-order valence-corrected chi connectivity index (χ0v) is 18.5. The summed E-state index contributed by atoms with van der Waals surface area (Å²) < 4.78 is 0. The normalized spacial score (nSPS) is 15.5. The molecule has 3 rings (SSSR count). The van der Waals surface area contributed by atoms with Gasteiger partial charge in [-0.15, -0.1) is 0 Å². The number of aliphatic imine (C=N–C) groups is 1. The monoisotopic (exact) mass is 443 g/mol. The molecule has 1 amide bonds. The van der Waals surface area contributed by atoms with Gasteiger partial charge < -0.3 is 21.1 Å². The van der Waals surface area contributed by atoms with E-state index in [9.17, 15) is 9.90 Å². The Hall–Kier alpha value is -2.77. The molecule has 8 heteroatoms. The van der Waals surface area contributed by atoms with E-state index in [2.05, 4.69) is 38.0 Å². The Labute approximate surface area is 188 Å². The number of phenolic OH excluding ortho intramolecular Hbond substituents is 1. The molecule has 1 heterocycles. The molecule has 0 aliphatic carbocycles. The third kappa shape index (κ3) is 7.77. The second-order valence-electron chi connectivity index (χ2n) is 7.61. The van der Waals surface area contributed by atoms with Gasteiger partial charge >= 0.3 is 0 Å². The van der Waals surface area contributed by atoms with E-state index in [4.69, 9.17) is 11.6 Å². The first-order chi connectivity index (χ1) is 15.0. The first-order valence-electron chi connectivity index (χ1n) is 10.6. The number of guanidine groups is 1. The lowest BCUT2D eigenvalue weighted by Crippen LogP contribution is -2.48. The predicted octanol–water partition coefficient (Wildman–Crippen LogP) is 3.20. The molecule has 2 aromatic rings. The van der Waals surface area contributed by atoms with E-state index in [1.807, 2.05) is 19.1 Å². The lowest BCUT2D eigenvalue weighted by Gasteiger charge is -2.33. The summed E-state index contributed by atoms with van der Waals surface area (Å²) in [6.07, 6.45) is 2.02. The Kier molecular flexibility index (Phi) is 8.55. The number of anilines is 1. The van der Waals surface area contributed by atoms with Crippen LogP contribution in [0.15, 0.2) is 53.5 Å². The highest BCUT2D eigenvalue weighted by atomic mass is 35.5. The number of amides is 1. The van der Waals surface area contributed by atoms with Gasteiger partial charge in [-0.25, -0.2) is 4.99 Å². The Balaban J connectivity index is 1.45. The number of halogens is 1. The molecule has 0 saturated carbocycles. The maximum absolute atomic E-state index is 12.2. The van der Waals surface area contributed by atoms with E-state index in [1.54, 1.807) is 12.1 Å². The van der Waals surface area contributed by atoms with E-state index in [0.717, 1.165) is 44.0 Å². The maximum Gasteiger partial charge on any atom is 0.246 e. The van der Waals surface area contributed by atoms with E-state index in [0.29, 0.717) is 17.7 Å². The Bertz CT molecular complexity index is 863. The van der Waals surface area contributed by atoms with Crippen LogP contribution < -0.4 is 16.0 Å². The van der Waals surface area contributed by atoms with Crippen LogP contribution in [0.5, 0.6) is 5.75 Å². The number of carbonyl (C=O) groups is 1. The predicted molar refractivity (Wildman–Crippen MR) is 126 cm³/mol. The molecule has 0 radical (unpaired) electrons. The van der Waals surface area contributed by atoms with E-state index >= 15 is 0 Å². The number of nitrogens with zero attached hydrogens (tertiary/aromatic N) is 2. The molecule has 1 saturated heterocycles. The molecule has 0 spiro atoms. The molecule has 0 unspecified atom stereocenters. The minimum absolute atomic E-state index is 0.0195. The molecular formula is C23H30ClN5O2. The summed E-state index contributed by atoms with van der Waals surface area (Å²) in [5, 5.41) is 19.5. The molecule has 0 atom stereocenters. The zero-order valence-electron chi connectivity index (χ0n) is 17.8. The van der Waals surface area contributed by atoms with E-state index < -0.39 is 0 Å². The van der Waals surface area contributed by atoms with Gasteiger partial charge in [0.25, 0.3) is 0 Å². The van der Waals surface area contributed by atoms with E-state index in [1.165, 1.54) is 17.7 Å². The van der Waals surface area contributed by atoms with Crippen LogP contribution in [0.2, 0.25) is 5.02 Å². The van der Waals surface area contributed by atoms with Gasteiger partial charge in [-0.05, 0) is 61.7 Å². The number of hydrogen-bond acceptors (Lipinski definition) is 4. The van der Waals surface area contributed by atoms with Crippen molar-refractivity contribution in [2.24, 2.45) is 4.99 Å². The average molecular weight is 444 g/mol. The number of likely N-dealkylation sites (tertiary alicyclic amines) is 1. The highest BCUT2D eigenvalue weighted by Gasteiger charge is 2.20. The van der Waals surface area contributed by atoms with Gasteiger partial charge in [0.1, 0.15) is 12.3 Å². The van der Waals surface area contributed by atoms with Crippen LogP contribution in [0.3, 0.4) is 0 Å². The van der Waals surface area contributed by atoms with Crippen molar-refractivity contribution in [2.45, 2.75) is 32.4 Å². The second-order valence-corrected chi connectivity index (χ2v) is 8.05. The fourth-order valence-corrected chi connectivity index (χ4v) is 3.62. The molecule has 1 aliphatic heterocycles. The van der Waals surface area contributed by atoms with Crippen molar-refractivity contribution in [1.82, 2.24) is 15.5 Å². The van der Waals surface area contributed by atoms with Crippen molar-refractivity contribution in [2.75, 3.05) is 31.5 Å². The summed E-state index contributed by atoms with van der Waals surface area (Å²) in [4.78, 5) is 19.0. The Morgan fingerprint density at radius 2 is 1.81 bits per heavy atom. The summed E-state index contributed by atoms with van der Waals surface area (Å²) >= 11 is 5.97. The van der Waals surface area contributed by atoms with Crippen LogP contribution >= 0.6 is 11.6 Å². The largest absolute Gasteiger partial charge is 0.508 e. The summed E-state index contributed by atoms with van der Waals surface area (Å²) in [6, 6.07) is 14.7. The highest BCUT2D eigenvalue weighted by Crippen LogP contribution is 2.16. The number of rotatable bonds is 7. The van der Waals surface area contributed by atoms with Crippen molar-refractivity contribution in [3.05, 3.63) is 59.1 Å². The Morgan fingerprint density at radius 3 is 2.45 bits per heavy atom. The zero-order chi connectivity index (χ0) is 22.1. The summed E-state index contributed by atoms with van der Waals surface area (Å²) in [7, 11) is 0. The van der Waals surface area contributed by atoms with Crippen molar-refractivity contribution in [3.63, 3.8) is 0 Å². The van der Waals surface area contributed by atoms with Gasteiger partial charge in [0.05, 0.1) is 0 Å². The molecule has 4 N–H and O–H groups in total. The first-order valence-corrected chi connectivity index (χ1v) is 11.0. The Morgan fingerprint density at radius 1 is 1.13 bits per heavy atom. The lowest BCUT2D eigenvalue weighted by atomic mass is 10.0. The number of piperidine rings is 1. The van der Waals surface area contributed by atoms with Crippen LogP contribution in [0.1, 0.15) is 25.3 Å². The number of phenols is 1. The quantitative estimate of drug-likeness (QED) is 0.300. The third-order valence-electron chi connectivity index (χ3n) is 5.12. The van der Waals surface area contributed by atoms with Crippen molar-refractivity contribution >= 4 is 29.2 Å². The highest BCUT2D eigenvalue weighted by molar-refractivity contribution is 6.30. The summed E-state index contributed by atoms with van der Waals surface area (Å²) in [5.41, 5.74) is 1.90. The topological polar surface area (TPSA) is 89.0 Å². The van der Waals surface area contributed by atoms with Crippen LogP contribution in [-0.4, -0.2) is 54.1 Å². The molecular weight excluding hydrogens is 414 g/mol. The first kappa shape index (κ1) is 22.9. The van der Waals surface area contributed by atoms with Crippen LogP contribution in [0, 0.1) is 0 Å². The molecule has 0 bridgehead atoms. The molecule has 0 aromatic heterocycles. The molecule has 1 aliphatic rings. The number of aromatic hydroxyl groups is 1. The molecule has 2 aromatic carbocycles. The number of hydrogen-bond donors (Lipinski definition) is 4.